The lowest BCUT2D eigenvalue weighted by atomic mass is 9.88. The summed E-state index contributed by atoms with van der Waals surface area (Å²) in [5.41, 5.74) is -1.56. The van der Waals surface area contributed by atoms with Gasteiger partial charge in [-0.25, -0.2) is 0 Å². The Morgan fingerprint density at radius 3 is 2.09 bits per heavy atom. The Morgan fingerprint density at radius 2 is 1.62 bits per heavy atom. The van der Waals surface area contributed by atoms with Gasteiger partial charge in [0.1, 0.15) is 5.75 Å². The minimum atomic E-state index is -5.72. The fourth-order valence-corrected chi connectivity index (χ4v) is 3.46. The standard InChI is InChI=1S/C22H19Cl2F3O3S.CH6N2/c1-2-5-18(23)6-3-4-7-21(16-8-12-19(24)13-9-16)17-10-14-20(15-11-17)30-31(28,29)22(25,26)27;1-3-2/h2-6,8-15,21H,7H2,1H3;3H,2H2,1H3/b4-3+,5-2-,18-6+;. The zero-order valence-corrected chi connectivity index (χ0v) is 20.7. The van der Waals surface area contributed by atoms with Gasteiger partial charge in [0, 0.05) is 16.0 Å². The molecule has 0 saturated heterocycles. The fraction of sp³-hybridized carbons (Fsp3) is 0.217. The van der Waals surface area contributed by atoms with Crippen LogP contribution in [0.2, 0.25) is 5.02 Å². The number of benzene rings is 2. The van der Waals surface area contributed by atoms with Crippen LogP contribution in [0.1, 0.15) is 30.4 Å². The number of hydrazine groups is 1. The van der Waals surface area contributed by atoms with Gasteiger partial charge < -0.3 is 4.18 Å². The first kappa shape index (κ1) is 29.7. The third-order valence-electron chi connectivity index (χ3n) is 4.13. The third kappa shape index (κ3) is 9.90. The minimum absolute atomic E-state index is 0.157. The van der Waals surface area contributed by atoms with E-state index >= 15 is 0 Å². The van der Waals surface area contributed by atoms with Crippen LogP contribution in [0.3, 0.4) is 0 Å². The first-order valence-corrected chi connectivity index (χ1v) is 12.0. The van der Waals surface area contributed by atoms with E-state index in [1.54, 1.807) is 37.4 Å². The molecular formula is C23H25Cl2F3N2O3S. The maximum Gasteiger partial charge on any atom is 0.534 e. The summed E-state index contributed by atoms with van der Waals surface area (Å²) in [7, 11) is -4.07. The summed E-state index contributed by atoms with van der Waals surface area (Å²) in [6.07, 6.45) is 9.56. The van der Waals surface area contributed by atoms with E-state index in [0.717, 1.165) is 11.1 Å². The summed E-state index contributed by atoms with van der Waals surface area (Å²) >= 11 is 12.0. The molecule has 0 fully saturated rings. The molecule has 0 aliphatic rings. The Bertz CT molecular complexity index is 1080. The monoisotopic (exact) mass is 536 g/mol. The normalized spacial score (nSPS) is 13.6. The molecule has 2 rings (SSSR count). The molecule has 1 atom stereocenters. The topological polar surface area (TPSA) is 81.4 Å². The summed E-state index contributed by atoms with van der Waals surface area (Å²) in [5.74, 6) is 4.02. The van der Waals surface area contributed by atoms with Crippen molar-refractivity contribution in [2.75, 3.05) is 7.05 Å². The molecule has 0 aliphatic heterocycles. The quantitative estimate of drug-likeness (QED) is 0.134. The maximum atomic E-state index is 12.5. The largest absolute Gasteiger partial charge is 0.534 e. The zero-order valence-electron chi connectivity index (χ0n) is 18.4. The van der Waals surface area contributed by atoms with Gasteiger partial charge in [-0.1, -0.05) is 65.7 Å². The lowest BCUT2D eigenvalue weighted by Gasteiger charge is -2.17. The van der Waals surface area contributed by atoms with Crippen molar-refractivity contribution in [2.45, 2.75) is 24.8 Å². The van der Waals surface area contributed by atoms with Crippen molar-refractivity contribution in [1.82, 2.24) is 5.43 Å². The average molecular weight is 537 g/mol. The summed E-state index contributed by atoms with van der Waals surface area (Å²) in [6, 6.07) is 12.6. The molecule has 2 aromatic carbocycles. The highest BCUT2D eigenvalue weighted by atomic mass is 35.5. The average Bonchev–Trinajstić information content (AvgIpc) is 2.75. The van der Waals surface area contributed by atoms with Gasteiger partial charge in [-0.2, -0.15) is 21.6 Å². The van der Waals surface area contributed by atoms with Crippen LogP contribution in [0.15, 0.2) is 83.9 Å². The van der Waals surface area contributed by atoms with Gasteiger partial charge in [0.05, 0.1) is 0 Å². The molecule has 186 valence electrons. The number of nitrogens with one attached hydrogen (secondary N) is 1. The van der Waals surface area contributed by atoms with E-state index in [4.69, 9.17) is 23.2 Å². The highest BCUT2D eigenvalue weighted by molar-refractivity contribution is 7.88. The molecule has 1 unspecified atom stereocenters. The smallest absolute Gasteiger partial charge is 0.376 e. The molecule has 0 heterocycles. The van der Waals surface area contributed by atoms with Crippen molar-refractivity contribution < 1.29 is 25.8 Å². The second-order valence-electron chi connectivity index (χ2n) is 6.66. The summed E-state index contributed by atoms with van der Waals surface area (Å²) in [5, 5.41) is 1.13. The van der Waals surface area contributed by atoms with Crippen molar-refractivity contribution >= 4 is 33.3 Å². The number of nitrogens with two attached hydrogens (primary N) is 1. The molecule has 0 bridgehead atoms. The summed E-state index contributed by atoms with van der Waals surface area (Å²) < 4.78 is 64.0. The second-order valence-corrected chi connectivity index (χ2v) is 9.07. The maximum absolute atomic E-state index is 12.5. The van der Waals surface area contributed by atoms with Gasteiger partial charge in [-0.15, -0.1) is 0 Å². The van der Waals surface area contributed by atoms with Crippen LogP contribution in [-0.2, 0) is 10.1 Å². The van der Waals surface area contributed by atoms with E-state index < -0.39 is 21.4 Å². The number of allylic oxidation sites excluding steroid dienone is 6. The van der Waals surface area contributed by atoms with E-state index in [0.29, 0.717) is 16.5 Å². The molecule has 5 nitrogen and oxygen atoms in total. The molecule has 0 radical (unpaired) electrons. The van der Waals surface area contributed by atoms with Gasteiger partial charge in [-0.05, 0) is 67.9 Å². The third-order valence-corrected chi connectivity index (χ3v) is 5.62. The number of halogens is 5. The molecule has 0 aromatic heterocycles. The lowest BCUT2D eigenvalue weighted by molar-refractivity contribution is -0.0500. The van der Waals surface area contributed by atoms with E-state index in [9.17, 15) is 21.6 Å². The van der Waals surface area contributed by atoms with Gasteiger partial charge in [0.15, 0.2) is 0 Å². The predicted molar refractivity (Wildman–Crippen MR) is 131 cm³/mol. The van der Waals surface area contributed by atoms with Gasteiger partial charge in [0.2, 0.25) is 0 Å². The molecule has 0 amide bonds. The summed E-state index contributed by atoms with van der Waals surface area (Å²) in [6.45, 7) is 1.85. The molecule has 34 heavy (non-hydrogen) atoms. The van der Waals surface area contributed by atoms with Gasteiger partial charge in [0.25, 0.3) is 0 Å². The predicted octanol–water partition coefficient (Wildman–Crippen LogP) is 6.42. The Kier molecular flexibility index (Phi) is 12.4. The van der Waals surface area contributed by atoms with Crippen molar-refractivity contribution in [1.29, 1.82) is 0 Å². The molecule has 11 heteroatoms. The van der Waals surface area contributed by atoms with E-state index in [2.05, 4.69) is 15.5 Å². The molecule has 0 aliphatic carbocycles. The van der Waals surface area contributed by atoms with Crippen LogP contribution in [0, 0.1) is 0 Å². The van der Waals surface area contributed by atoms with Crippen molar-refractivity contribution in [3.63, 3.8) is 0 Å². The van der Waals surface area contributed by atoms with E-state index in [-0.39, 0.29) is 5.92 Å². The molecular weight excluding hydrogens is 512 g/mol. The Labute approximate surface area is 207 Å². The second kappa shape index (κ2) is 14.2. The van der Waals surface area contributed by atoms with Crippen molar-refractivity contribution in [3.05, 3.63) is 100 Å². The Hall–Kier alpha value is -2.30. The van der Waals surface area contributed by atoms with Crippen molar-refractivity contribution in [2.24, 2.45) is 5.84 Å². The van der Waals surface area contributed by atoms with Crippen LogP contribution in [0.4, 0.5) is 13.2 Å². The van der Waals surface area contributed by atoms with Crippen LogP contribution in [0.25, 0.3) is 0 Å². The zero-order chi connectivity index (χ0) is 25.8. The van der Waals surface area contributed by atoms with Gasteiger partial charge >= 0.3 is 15.6 Å². The first-order chi connectivity index (χ1) is 15.9. The number of hydrogen-bond donors (Lipinski definition) is 2. The first-order valence-electron chi connectivity index (χ1n) is 9.83. The highest BCUT2D eigenvalue weighted by Gasteiger charge is 2.48. The number of rotatable bonds is 8. The van der Waals surface area contributed by atoms with Crippen LogP contribution in [0.5, 0.6) is 5.75 Å². The molecule has 2 aromatic rings. The number of hydrogen-bond acceptors (Lipinski definition) is 5. The highest BCUT2D eigenvalue weighted by Crippen LogP contribution is 2.32. The minimum Gasteiger partial charge on any atom is -0.376 e. The Morgan fingerprint density at radius 1 is 1.12 bits per heavy atom. The van der Waals surface area contributed by atoms with Crippen molar-refractivity contribution in [3.8, 4) is 5.75 Å². The molecule has 3 N–H and O–H groups in total. The van der Waals surface area contributed by atoms with Gasteiger partial charge in [-0.3, -0.25) is 11.3 Å². The van der Waals surface area contributed by atoms with E-state index in [1.165, 1.54) is 24.3 Å². The SMILES string of the molecule is CNN.C\C=C/C(Cl)=C\C=C\CC(c1ccc(Cl)cc1)c1ccc(OS(=O)(=O)C(F)(F)F)cc1. The number of alkyl halides is 3. The van der Waals surface area contributed by atoms with Crippen LogP contribution >= 0.6 is 23.2 Å². The van der Waals surface area contributed by atoms with Crippen LogP contribution in [-0.4, -0.2) is 21.0 Å². The lowest BCUT2D eigenvalue weighted by Crippen LogP contribution is -2.28. The van der Waals surface area contributed by atoms with Crippen LogP contribution < -0.4 is 15.5 Å². The van der Waals surface area contributed by atoms with E-state index in [1.807, 2.05) is 31.2 Å². The Balaban J connectivity index is 0.00000182. The molecule has 0 saturated carbocycles. The fourth-order valence-electron chi connectivity index (χ4n) is 2.68. The summed E-state index contributed by atoms with van der Waals surface area (Å²) in [4.78, 5) is 0. The molecule has 0 spiro atoms.